The molecule has 0 aromatic heterocycles. The number of rotatable bonds is 6. The van der Waals surface area contributed by atoms with E-state index in [9.17, 15) is 0 Å². The van der Waals surface area contributed by atoms with Gasteiger partial charge in [-0.2, -0.15) is 0 Å². The predicted octanol–water partition coefficient (Wildman–Crippen LogP) is 5.15. The van der Waals surface area contributed by atoms with Crippen molar-refractivity contribution in [2.45, 2.75) is 12.2 Å². The molecule has 0 aliphatic carbocycles. The van der Waals surface area contributed by atoms with Gasteiger partial charge in [-0.1, -0.05) is 84.4 Å². The van der Waals surface area contributed by atoms with Crippen LogP contribution in [0.2, 0.25) is 5.02 Å². The smallest absolute Gasteiger partial charge is 0.108 e. The summed E-state index contributed by atoms with van der Waals surface area (Å²) in [6.07, 6.45) is -0.371. The minimum atomic E-state index is -0.197. The van der Waals surface area contributed by atoms with Gasteiger partial charge < -0.3 is 10.5 Å². The van der Waals surface area contributed by atoms with E-state index in [4.69, 9.17) is 22.1 Å². The predicted molar refractivity (Wildman–Crippen MR) is 99.1 cm³/mol. The molecule has 122 valence electrons. The van der Waals surface area contributed by atoms with Gasteiger partial charge in [-0.25, -0.2) is 0 Å². The van der Waals surface area contributed by atoms with Gasteiger partial charge >= 0.3 is 0 Å². The molecule has 0 radical (unpaired) electrons. The average molecular weight is 338 g/mol. The molecular formula is C21H20ClNO. The molecular weight excluding hydrogens is 318 g/mol. The van der Waals surface area contributed by atoms with Crippen LogP contribution in [0.3, 0.4) is 0 Å². The zero-order chi connectivity index (χ0) is 16.8. The zero-order valence-corrected chi connectivity index (χ0v) is 14.1. The third kappa shape index (κ3) is 4.04. The van der Waals surface area contributed by atoms with E-state index >= 15 is 0 Å². The van der Waals surface area contributed by atoms with Crippen molar-refractivity contribution >= 4 is 11.6 Å². The third-order valence-corrected chi connectivity index (χ3v) is 4.21. The Morgan fingerprint density at radius 2 is 1.21 bits per heavy atom. The Morgan fingerprint density at radius 1 is 0.708 bits per heavy atom. The van der Waals surface area contributed by atoms with Crippen LogP contribution in [-0.4, -0.2) is 6.54 Å². The summed E-state index contributed by atoms with van der Waals surface area (Å²) in [6, 6.07) is 28.0. The van der Waals surface area contributed by atoms with E-state index in [1.54, 1.807) is 0 Å². The second-order valence-corrected chi connectivity index (χ2v) is 6.05. The van der Waals surface area contributed by atoms with Crippen molar-refractivity contribution in [3.05, 3.63) is 107 Å². The highest BCUT2D eigenvalue weighted by Gasteiger charge is 2.20. The number of ether oxygens (including phenoxy) is 1. The van der Waals surface area contributed by atoms with E-state index in [1.165, 1.54) is 0 Å². The fraction of sp³-hybridized carbons (Fsp3) is 0.143. The molecule has 0 saturated heterocycles. The molecule has 0 saturated carbocycles. The maximum absolute atomic E-state index is 6.43. The minimum absolute atomic E-state index is 0.174. The first-order valence-electron chi connectivity index (χ1n) is 7.99. The monoisotopic (exact) mass is 337 g/mol. The Morgan fingerprint density at radius 3 is 1.75 bits per heavy atom. The van der Waals surface area contributed by atoms with Crippen LogP contribution in [0.5, 0.6) is 0 Å². The van der Waals surface area contributed by atoms with E-state index in [0.717, 1.165) is 16.7 Å². The van der Waals surface area contributed by atoms with Gasteiger partial charge in [-0.15, -0.1) is 0 Å². The topological polar surface area (TPSA) is 35.2 Å². The van der Waals surface area contributed by atoms with Crippen LogP contribution in [0.15, 0.2) is 84.9 Å². The van der Waals surface area contributed by atoms with E-state index in [1.807, 2.05) is 72.8 Å². The van der Waals surface area contributed by atoms with Gasteiger partial charge in [-0.05, 0) is 28.8 Å². The summed E-state index contributed by atoms with van der Waals surface area (Å²) in [6.45, 7) is 0.418. The Hall–Kier alpha value is -2.13. The standard InChI is InChI=1S/C21H20ClNO/c22-19-13-11-18(12-14-19)21(17-9-5-2-6-10-17)24-20(15-23)16-7-3-1-4-8-16/h1-14,20-21H,15,23H2/t20-,21-/m0/s1. The molecule has 3 heteroatoms. The fourth-order valence-electron chi connectivity index (χ4n) is 2.72. The highest BCUT2D eigenvalue weighted by molar-refractivity contribution is 6.30. The van der Waals surface area contributed by atoms with Crippen molar-refractivity contribution in [1.29, 1.82) is 0 Å². The zero-order valence-electron chi connectivity index (χ0n) is 13.3. The molecule has 0 bridgehead atoms. The Balaban J connectivity index is 1.94. The quantitative estimate of drug-likeness (QED) is 0.675. The van der Waals surface area contributed by atoms with Crippen molar-refractivity contribution in [2.75, 3.05) is 6.54 Å². The summed E-state index contributed by atoms with van der Waals surface area (Å²) in [5, 5.41) is 0.712. The highest BCUT2D eigenvalue weighted by Crippen LogP contribution is 2.32. The second-order valence-electron chi connectivity index (χ2n) is 5.61. The van der Waals surface area contributed by atoms with Crippen LogP contribution in [0, 0.1) is 0 Å². The van der Waals surface area contributed by atoms with Gasteiger partial charge in [0.15, 0.2) is 0 Å². The van der Waals surface area contributed by atoms with Crippen molar-refractivity contribution in [3.63, 3.8) is 0 Å². The molecule has 3 rings (SSSR count). The fourth-order valence-corrected chi connectivity index (χ4v) is 2.84. The van der Waals surface area contributed by atoms with Gasteiger partial charge in [0.05, 0.1) is 6.10 Å². The van der Waals surface area contributed by atoms with E-state index in [2.05, 4.69) is 12.1 Å². The maximum Gasteiger partial charge on any atom is 0.108 e. The Bertz CT molecular complexity index is 744. The van der Waals surface area contributed by atoms with E-state index < -0.39 is 0 Å². The van der Waals surface area contributed by atoms with Crippen LogP contribution >= 0.6 is 11.6 Å². The van der Waals surface area contributed by atoms with Crippen LogP contribution in [0.4, 0.5) is 0 Å². The summed E-state index contributed by atoms with van der Waals surface area (Å²) < 4.78 is 6.43. The van der Waals surface area contributed by atoms with Crippen LogP contribution < -0.4 is 5.73 Å². The minimum Gasteiger partial charge on any atom is -0.360 e. The van der Waals surface area contributed by atoms with Crippen LogP contribution in [0.25, 0.3) is 0 Å². The van der Waals surface area contributed by atoms with Gasteiger partial charge in [0.25, 0.3) is 0 Å². The van der Waals surface area contributed by atoms with Gasteiger partial charge in [0.1, 0.15) is 6.10 Å². The van der Waals surface area contributed by atoms with Crippen LogP contribution in [-0.2, 0) is 4.74 Å². The van der Waals surface area contributed by atoms with E-state index in [-0.39, 0.29) is 12.2 Å². The van der Waals surface area contributed by atoms with Crippen molar-refractivity contribution in [1.82, 2.24) is 0 Å². The van der Waals surface area contributed by atoms with Crippen molar-refractivity contribution in [2.24, 2.45) is 5.73 Å². The average Bonchev–Trinajstić information content (AvgIpc) is 2.65. The third-order valence-electron chi connectivity index (χ3n) is 3.96. The van der Waals surface area contributed by atoms with Crippen molar-refractivity contribution < 1.29 is 4.74 Å². The number of benzene rings is 3. The summed E-state index contributed by atoms with van der Waals surface area (Å²) >= 11 is 6.03. The Kier molecular flexibility index (Phi) is 5.65. The lowest BCUT2D eigenvalue weighted by molar-refractivity contribution is 0.0122. The lowest BCUT2D eigenvalue weighted by atomic mass is 10.0. The first-order valence-corrected chi connectivity index (χ1v) is 8.36. The second kappa shape index (κ2) is 8.11. The number of nitrogens with two attached hydrogens (primary N) is 1. The van der Waals surface area contributed by atoms with Gasteiger partial charge in [-0.3, -0.25) is 0 Å². The van der Waals surface area contributed by atoms with Gasteiger partial charge in [0.2, 0.25) is 0 Å². The molecule has 2 N–H and O–H groups in total. The molecule has 0 spiro atoms. The lowest BCUT2D eigenvalue weighted by Gasteiger charge is -2.25. The molecule has 0 amide bonds. The van der Waals surface area contributed by atoms with E-state index in [0.29, 0.717) is 11.6 Å². The SMILES string of the molecule is NC[C@H](O[C@@H](c1ccccc1)c1ccc(Cl)cc1)c1ccccc1. The normalized spacial score (nSPS) is 13.4. The van der Waals surface area contributed by atoms with Crippen LogP contribution in [0.1, 0.15) is 28.9 Å². The molecule has 3 aromatic carbocycles. The summed E-state index contributed by atoms with van der Waals surface area (Å²) in [5.74, 6) is 0. The molecule has 0 heterocycles. The molecule has 0 fully saturated rings. The Labute approximate surface area is 147 Å². The number of halogens is 1. The lowest BCUT2D eigenvalue weighted by Crippen LogP contribution is -2.19. The molecule has 2 atom stereocenters. The first-order chi connectivity index (χ1) is 11.8. The molecule has 0 aliphatic rings. The molecule has 0 aliphatic heterocycles. The first kappa shape index (κ1) is 16.7. The highest BCUT2D eigenvalue weighted by atomic mass is 35.5. The molecule has 24 heavy (non-hydrogen) atoms. The summed E-state index contributed by atoms with van der Waals surface area (Å²) in [5.41, 5.74) is 9.21. The largest absolute Gasteiger partial charge is 0.360 e. The summed E-state index contributed by atoms with van der Waals surface area (Å²) in [7, 11) is 0. The molecule has 2 nitrogen and oxygen atoms in total. The van der Waals surface area contributed by atoms with Crippen molar-refractivity contribution in [3.8, 4) is 0 Å². The van der Waals surface area contributed by atoms with Gasteiger partial charge in [0, 0.05) is 11.6 Å². The summed E-state index contributed by atoms with van der Waals surface area (Å²) in [4.78, 5) is 0. The molecule has 0 unspecified atom stereocenters. The maximum atomic E-state index is 6.43. The molecule has 3 aromatic rings. The number of hydrogen-bond donors (Lipinski definition) is 1. The number of hydrogen-bond acceptors (Lipinski definition) is 2.